The van der Waals surface area contributed by atoms with E-state index in [9.17, 15) is 4.39 Å². The van der Waals surface area contributed by atoms with E-state index in [4.69, 9.17) is 9.15 Å². The van der Waals surface area contributed by atoms with E-state index < -0.39 is 0 Å². The maximum atomic E-state index is 13.8. The van der Waals surface area contributed by atoms with Gasteiger partial charge in [-0.05, 0) is 42.3 Å². The number of hydrogen-bond acceptors (Lipinski definition) is 4. The second kappa shape index (κ2) is 8.59. The molecule has 0 bridgehead atoms. The van der Waals surface area contributed by atoms with Crippen molar-refractivity contribution >= 4 is 5.69 Å². The molecule has 0 amide bonds. The van der Waals surface area contributed by atoms with Crippen LogP contribution in [0.3, 0.4) is 0 Å². The summed E-state index contributed by atoms with van der Waals surface area (Å²) in [6.45, 7) is 6.53. The van der Waals surface area contributed by atoms with Crippen LogP contribution in [-0.2, 0) is 17.8 Å². The monoisotopic (exact) mass is 380 g/mol. The normalized spacial score (nSPS) is 14.4. The topological polar surface area (TPSA) is 37.6 Å². The maximum absolute atomic E-state index is 13.8. The predicted octanol–water partition coefficient (Wildman–Crippen LogP) is 4.52. The lowest BCUT2D eigenvalue weighted by atomic mass is 10.1. The molecule has 1 saturated heterocycles. The van der Waals surface area contributed by atoms with E-state index in [1.54, 1.807) is 13.0 Å². The zero-order valence-corrected chi connectivity index (χ0v) is 16.1. The summed E-state index contributed by atoms with van der Waals surface area (Å²) in [6, 6.07) is 17.4. The molecule has 1 fully saturated rings. The lowest BCUT2D eigenvalue weighted by Crippen LogP contribution is -2.37. The Balaban J connectivity index is 1.40. The van der Waals surface area contributed by atoms with Gasteiger partial charge in [-0.1, -0.05) is 30.3 Å². The molecule has 1 aromatic heterocycles. The van der Waals surface area contributed by atoms with Gasteiger partial charge in [-0.15, -0.1) is 0 Å². The summed E-state index contributed by atoms with van der Waals surface area (Å²) in [5.74, 6) is 1.32. The predicted molar refractivity (Wildman–Crippen MR) is 109 cm³/mol. The first-order valence-electron chi connectivity index (χ1n) is 9.68. The molecule has 0 saturated carbocycles. The van der Waals surface area contributed by atoms with Gasteiger partial charge in [0.15, 0.2) is 0 Å². The van der Waals surface area contributed by atoms with E-state index in [2.05, 4.69) is 34.5 Å². The number of furan rings is 1. The fraction of sp³-hybridized carbons (Fsp3) is 0.304. The van der Waals surface area contributed by atoms with Gasteiger partial charge in [-0.3, -0.25) is 0 Å². The largest absolute Gasteiger partial charge is 0.460 e. The van der Waals surface area contributed by atoms with Crippen molar-refractivity contribution in [2.24, 2.45) is 0 Å². The van der Waals surface area contributed by atoms with Gasteiger partial charge >= 0.3 is 0 Å². The molecule has 4 nitrogen and oxygen atoms in total. The minimum Gasteiger partial charge on any atom is -0.460 e. The first-order chi connectivity index (χ1) is 13.7. The highest BCUT2D eigenvalue weighted by Gasteiger charge is 2.14. The molecule has 2 aromatic carbocycles. The first-order valence-corrected chi connectivity index (χ1v) is 9.68. The van der Waals surface area contributed by atoms with Crippen LogP contribution in [0.2, 0.25) is 0 Å². The Morgan fingerprint density at radius 2 is 1.79 bits per heavy atom. The Kier molecular flexibility index (Phi) is 5.74. The van der Waals surface area contributed by atoms with E-state index in [1.165, 1.54) is 17.3 Å². The van der Waals surface area contributed by atoms with Crippen molar-refractivity contribution in [3.05, 3.63) is 77.3 Å². The van der Waals surface area contributed by atoms with Crippen molar-refractivity contribution < 1.29 is 13.5 Å². The van der Waals surface area contributed by atoms with Gasteiger partial charge in [0.25, 0.3) is 0 Å². The SMILES string of the molecule is Cc1c(F)cccc1-c1ccc(CNCc2ccccc2N2CCOCC2)o1. The second-order valence-electron chi connectivity index (χ2n) is 7.01. The van der Waals surface area contributed by atoms with Gasteiger partial charge in [-0.2, -0.15) is 0 Å². The van der Waals surface area contributed by atoms with Crippen LogP contribution in [0.25, 0.3) is 11.3 Å². The molecule has 2 heterocycles. The quantitative estimate of drug-likeness (QED) is 0.682. The third-order valence-electron chi connectivity index (χ3n) is 5.15. The molecule has 5 heteroatoms. The van der Waals surface area contributed by atoms with Crippen molar-refractivity contribution in [2.45, 2.75) is 20.0 Å². The van der Waals surface area contributed by atoms with Crippen LogP contribution < -0.4 is 10.2 Å². The van der Waals surface area contributed by atoms with Crippen LogP contribution in [0.1, 0.15) is 16.9 Å². The van der Waals surface area contributed by atoms with E-state index in [-0.39, 0.29) is 5.82 Å². The number of nitrogens with one attached hydrogen (secondary N) is 1. The highest BCUT2D eigenvalue weighted by molar-refractivity contribution is 5.62. The van der Waals surface area contributed by atoms with E-state index in [0.717, 1.165) is 44.2 Å². The highest BCUT2D eigenvalue weighted by Crippen LogP contribution is 2.27. The minimum atomic E-state index is -0.215. The van der Waals surface area contributed by atoms with Crippen molar-refractivity contribution in [3.8, 4) is 11.3 Å². The Labute approximate surface area is 164 Å². The molecular weight excluding hydrogens is 355 g/mol. The maximum Gasteiger partial charge on any atom is 0.134 e. The van der Waals surface area contributed by atoms with Crippen LogP contribution in [-0.4, -0.2) is 26.3 Å². The molecule has 0 unspecified atom stereocenters. The highest BCUT2D eigenvalue weighted by atomic mass is 19.1. The Hall–Kier alpha value is -2.63. The summed E-state index contributed by atoms with van der Waals surface area (Å²) < 4.78 is 25.2. The smallest absolute Gasteiger partial charge is 0.134 e. The molecule has 1 aliphatic heterocycles. The van der Waals surface area contributed by atoms with Gasteiger partial charge < -0.3 is 19.4 Å². The number of rotatable bonds is 6. The van der Waals surface area contributed by atoms with Gasteiger partial charge in [-0.25, -0.2) is 4.39 Å². The summed E-state index contributed by atoms with van der Waals surface area (Å²) >= 11 is 0. The molecule has 0 aliphatic carbocycles. The average Bonchev–Trinajstić information content (AvgIpc) is 3.20. The first kappa shape index (κ1) is 18.7. The minimum absolute atomic E-state index is 0.215. The fourth-order valence-electron chi connectivity index (χ4n) is 3.59. The standard InChI is InChI=1S/C23H25FN2O2/c1-17-20(6-4-7-21(17)24)23-10-9-19(28-23)16-25-15-18-5-2-3-8-22(18)26-11-13-27-14-12-26/h2-10,25H,11-16H2,1H3. The van der Waals surface area contributed by atoms with E-state index >= 15 is 0 Å². The summed E-state index contributed by atoms with van der Waals surface area (Å²) in [6.07, 6.45) is 0. The summed E-state index contributed by atoms with van der Waals surface area (Å²) in [7, 11) is 0. The molecule has 3 aromatic rings. The molecule has 0 spiro atoms. The van der Waals surface area contributed by atoms with Crippen molar-refractivity contribution in [3.63, 3.8) is 0 Å². The van der Waals surface area contributed by atoms with Gasteiger partial charge in [0.05, 0.1) is 19.8 Å². The summed E-state index contributed by atoms with van der Waals surface area (Å²) in [5.41, 5.74) is 3.92. The van der Waals surface area contributed by atoms with Gasteiger partial charge in [0.1, 0.15) is 17.3 Å². The Bertz CT molecular complexity index is 932. The van der Waals surface area contributed by atoms with E-state index in [1.807, 2.05) is 18.2 Å². The third kappa shape index (κ3) is 4.11. The number of ether oxygens (including phenoxy) is 1. The molecular formula is C23H25FN2O2. The summed E-state index contributed by atoms with van der Waals surface area (Å²) in [4.78, 5) is 2.37. The van der Waals surface area contributed by atoms with Gasteiger partial charge in [0.2, 0.25) is 0 Å². The number of hydrogen-bond donors (Lipinski definition) is 1. The van der Waals surface area contributed by atoms with Crippen LogP contribution in [0.4, 0.5) is 10.1 Å². The van der Waals surface area contributed by atoms with E-state index in [0.29, 0.717) is 17.9 Å². The molecule has 4 rings (SSSR count). The number of nitrogens with zero attached hydrogens (tertiary/aromatic N) is 1. The number of anilines is 1. The molecule has 146 valence electrons. The van der Waals surface area contributed by atoms with Crippen LogP contribution in [0.5, 0.6) is 0 Å². The average molecular weight is 380 g/mol. The number of halogens is 1. The fourth-order valence-corrected chi connectivity index (χ4v) is 3.59. The number of morpholine rings is 1. The number of benzene rings is 2. The van der Waals surface area contributed by atoms with Crippen LogP contribution >= 0.6 is 0 Å². The molecule has 1 N–H and O–H groups in total. The van der Waals surface area contributed by atoms with Crippen molar-refractivity contribution in [1.29, 1.82) is 0 Å². The third-order valence-corrected chi connectivity index (χ3v) is 5.15. The van der Waals surface area contributed by atoms with Crippen molar-refractivity contribution in [1.82, 2.24) is 5.32 Å². The second-order valence-corrected chi connectivity index (χ2v) is 7.01. The Morgan fingerprint density at radius 3 is 2.64 bits per heavy atom. The Morgan fingerprint density at radius 1 is 0.964 bits per heavy atom. The molecule has 1 aliphatic rings. The molecule has 28 heavy (non-hydrogen) atoms. The van der Waals surface area contributed by atoms with Crippen LogP contribution in [0, 0.1) is 12.7 Å². The van der Waals surface area contributed by atoms with Gasteiger partial charge in [0, 0.05) is 30.9 Å². The van der Waals surface area contributed by atoms with Crippen LogP contribution in [0.15, 0.2) is 59.0 Å². The lowest BCUT2D eigenvalue weighted by Gasteiger charge is -2.30. The summed E-state index contributed by atoms with van der Waals surface area (Å²) in [5, 5.41) is 3.46. The van der Waals surface area contributed by atoms with Crippen molar-refractivity contribution in [2.75, 3.05) is 31.2 Å². The zero-order chi connectivity index (χ0) is 19.3. The molecule has 0 atom stereocenters. The lowest BCUT2D eigenvalue weighted by molar-refractivity contribution is 0.122. The molecule has 0 radical (unpaired) electrons. The number of para-hydroxylation sites is 1. The zero-order valence-electron chi connectivity index (χ0n) is 16.1.